The fourth-order valence-corrected chi connectivity index (χ4v) is 4.18. The van der Waals surface area contributed by atoms with Crippen LogP contribution in [-0.4, -0.2) is 38.5 Å². The summed E-state index contributed by atoms with van der Waals surface area (Å²) in [5.74, 6) is -0.591. The number of hydrogen-bond donors (Lipinski definition) is 1. The molecule has 1 aliphatic heterocycles. The van der Waals surface area contributed by atoms with Crippen molar-refractivity contribution in [1.82, 2.24) is 4.31 Å². The van der Waals surface area contributed by atoms with E-state index in [1.807, 2.05) is 0 Å². The molecule has 1 aromatic carbocycles. The summed E-state index contributed by atoms with van der Waals surface area (Å²) >= 11 is 2.97. The Morgan fingerprint density at radius 1 is 1.53 bits per heavy atom. The van der Waals surface area contributed by atoms with E-state index in [1.54, 1.807) is 6.92 Å². The van der Waals surface area contributed by atoms with Crippen LogP contribution in [-0.2, 0) is 14.8 Å². The van der Waals surface area contributed by atoms with Gasteiger partial charge in [0.1, 0.15) is 10.7 Å². The number of anilines is 1. The topological polar surface area (TPSA) is 72.6 Å². The van der Waals surface area contributed by atoms with Crippen LogP contribution in [0.25, 0.3) is 0 Å². The molecule has 8 heteroatoms. The van der Waals surface area contributed by atoms with Crippen molar-refractivity contribution in [3.05, 3.63) is 22.4 Å². The van der Waals surface area contributed by atoms with Crippen LogP contribution in [0.3, 0.4) is 0 Å². The first kappa shape index (κ1) is 14.7. The maximum Gasteiger partial charge on any atom is 0.245 e. The molecule has 0 spiro atoms. The fourth-order valence-electron chi connectivity index (χ4n) is 1.96. The molecule has 0 amide bonds. The molecule has 0 saturated carbocycles. The quantitative estimate of drug-likeness (QED) is 0.820. The van der Waals surface area contributed by atoms with Crippen molar-refractivity contribution < 1.29 is 17.5 Å². The minimum Gasteiger partial charge on any atom is -0.398 e. The van der Waals surface area contributed by atoms with Crippen LogP contribution in [0.2, 0.25) is 0 Å². The second-order valence-corrected chi connectivity index (χ2v) is 7.06. The number of sulfonamides is 1. The molecule has 1 aromatic rings. The van der Waals surface area contributed by atoms with E-state index in [0.717, 1.165) is 6.07 Å². The van der Waals surface area contributed by atoms with E-state index < -0.39 is 15.8 Å². The van der Waals surface area contributed by atoms with Crippen LogP contribution >= 0.6 is 15.9 Å². The van der Waals surface area contributed by atoms with Gasteiger partial charge < -0.3 is 10.5 Å². The van der Waals surface area contributed by atoms with Gasteiger partial charge in [-0.3, -0.25) is 0 Å². The van der Waals surface area contributed by atoms with Crippen LogP contribution < -0.4 is 5.73 Å². The summed E-state index contributed by atoms with van der Waals surface area (Å²) in [5, 5.41) is 0. The molecule has 0 aromatic heterocycles. The van der Waals surface area contributed by atoms with Gasteiger partial charge in [-0.25, -0.2) is 12.8 Å². The normalized spacial score (nSPS) is 21.5. The predicted octanol–water partition coefficient (Wildman–Crippen LogP) is 1.58. The molecule has 106 valence electrons. The smallest absolute Gasteiger partial charge is 0.245 e. The van der Waals surface area contributed by atoms with Gasteiger partial charge in [0, 0.05) is 12.6 Å². The third kappa shape index (κ3) is 2.76. The Morgan fingerprint density at radius 3 is 2.84 bits per heavy atom. The summed E-state index contributed by atoms with van der Waals surface area (Å²) in [6, 6.07) is 1.92. The highest BCUT2D eigenvalue weighted by molar-refractivity contribution is 9.10. The second kappa shape index (κ2) is 5.35. The van der Waals surface area contributed by atoms with Crippen LogP contribution in [0.1, 0.15) is 6.92 Å². The molecule has 0 aliphatic carbocycles. The van der Waals surface area contributed by atoms with Crippen LogP contribution in [0.4, 0.5) is 10.1 Å². The maximum absolute atomic E-state index is 13.3. The number of morpholine rings is 1. The molecule has 0 bridgehead atoms. The second-order valence-electron chi connectivity index (χ2n) is 4.34. The Balaban J connectivity index is 2.47. The highest BCUT2D eigenvalue weighted by Gasteiger charge is 2.33. The van der Waals surface area contributed by atoms with Crippen molar-refractivity contribution in [3.8, 4) is 0 Å². The molecule has 1 fully saturated rings. The molecule has 2 N–H and O–H groups in total. The van der Waals surface area contributed by atoms with E-state index in [0.29, 0.717) is 13.2 Å². The Labute approximate surface area is 119 Å². The van der Waals surface area contributed by atoms with Gasteiger partial charge in [-0.15, -0.1) is 0 Å². The van der Waals surface area contributed by atoms with E-state index in [1.165, 1.54) is 10.4 Å². The summed E-state index contributed by atoms with van der Waals surface area (Å²) in [5.41, 5.74) is 5.53. The highest BCUT2D eigenvalue weighted by Crippen LogP contribution is 2.29. The fraction of sp³-hybridized carbons (Fsp3) is 0.455. The van der Waals surface area contributed by atoms with Crippen molar-refractivity contribution in [3.63, 3.8) is 0 Å². The largest absolute Gasteiger partial charge is 0.398 e. The predicted molar refractivity (Wildman–Crippen MR) is 72.7 cm³/mol. The molecule has 2 rings (SSSR count). The lowest BCUT2D eigenvalue weighted by atomic mass is 10.3. The van der Waals surface area contributed by atoms with Gasteiger partial charge in [0.25, 0.3) is 0 Å². The Morgan fingerprint density at radius 2 is 2.21 bits per heavy atom. The molecular weight excluding hydrogens is 339 g/mol. The first-order valence-corrected chi connectivity index (χ1v) is 7.91. The van der Waals surface area contributed by atoms with E-state index in [4.69, 9.17) is 10.5 Å². The maximum atomic E-state index is 13.3. The summed E-state index contributed by atoms with van der Waals surface area (Å²) < 4.78 is 45.0. The minimum atomic E-state index is -3.75. The summed E-state index contributed by atoms with van der Waals surface area (Å²) in [7, 11) is -3.75. The van der Waals surface area contributed by atoms with Gasteiger partial charge in [0.2, 0.25) is 10.0 Å². The molecule has 19 heavy (non-hydrogen) atoms. The molecular formula is C11H14BrFN2O3S. The van der Waals surface area contributed by atoms with Crippen LogP contribution in [0, 0.1) is 5.82 Å². The minimum absolute atomic E-state index is 0.0705. The van der Waals surface area contributed by atoms with Gasteiger partial charge in [-0.1, -0.05) is 0 Å². The summed E-state index contributed by atoms with van der Waals surface area (Å²) in [6.07, 6.45) is 0. The van der Waals surface area contributed by atoms with Crippen molar-refractivity contribution in [2.24, 2.45) is 0 Å². The van der Waals surface area contributed by atoms with Gasteiger partial charge in [-0.2, -0.15) is 4.31 Å². The van der Waals surface area contributed by atoms with Crippen molar-refractivity contribution >= 4 is 31.6 Å². The number of hydrogen-bond acceptors (Lipinski definition) is 4. The number of nitrogens with two attached hydrogens (primary N) is 1. The van der Waals surface area contributed by atoms with E-state index >= 15 is 0 Å². The highest BCUT2D eigenvalue weighted by atomic mass is 79.9. The zero-order valence-electron chi connectivity index (χ0n) is 10.3. The average Bonchev–Trinajstić information content (AvgIpc) is 2.34. The zero-order valence-corrected chi connectivity index (χ0v) is 12.7. The number of benzene rings is 1. The summed E-state index contributed by atoms with van der Waals surface area (Å²) in [4.78, 5) is -0.0884. The molecule has 1 heterocycles. The molecule has 1 aliphatic rings. The number of halogens is 2. The first-order chi connectivity index (χ1) is 8.84. The Hall–Kier alpha value is -0.700. The van der Waals surface area contributed by atoms with Crippen molar-refractivity contribution in [2.75, 3.05) is 25.5 Å². The lowest BCUT2D eigenvalue weighted by molar-refractivity contribution is 0.0393. The molecule has 1 saturated heterocycles. The SMILES string of the molecule is C[C@@H]1COCCN1S(=O)(=O)c1cc(Br)c(F)cc1N. The standard InChI is InChI=1S/C11H14BrFN2O3S/c1-7-6-18-3-2-15(7)19(16,17)11-4-8(12)9(13)5-10(11)14/h4-5,7H,2-3,6,14H2,1H3/t7-/m1/s1. The number of ether oxygens (including phenoxy) is 1. The van der Waals surface area contributed by atoms with Gasteiger partial charge >= 0.3 is 0 Å². The molecule has 0 radical (unpaired) electrons. The van der Waals surface area contributed by atoms with Crippen LogP contribution in [0.15, 0.2) is 21.5 Å². The van der Waals surface area contributed by atoms with Gasteiger partial charge in [-0.05, 0) is 35.0 Å². The number of rotatable bonds is 2. The number of nitrogens with zero attached hydrogens (tertiary/aromatic N) is 1. The van der Waals surface area contributed by atoms with E-state index in [9.17, 15) is 12.8 Å². The van der Waals surface area contributed by atoms with Crippen molar-refractivity contribution in [1.29, 1.82) is 0 Å². The van der Waals surface area contributed by atoms with E-state index in [-0.39, 0.29) is 27.6 Å². The van der Waals surface area contributed by atoms with E-state index in [2.05, 4.69) is 15.9 Å². The molecule has 1 atom stereocenters. The van der Waals surface area contributed by atoms with Gasteiger partial charge in [0.15, 0.2) is 0 Å². The molecule has 5 nitrogen and oxygen atoms in total. The lowest BCUT2D eigenvalue weighted by Gasteiger charge is -2.32. The number of nitrogen functional groups attached to an aromatic ring is 1. The first-order valence-electron chi connectivity index (χ1n) is 5.68. The molecule has 0 unspecified atom stereocenters. The van der Waals surface area contributed by atoms with Gasteiger partial charge in [0.05, 0.1) is 23.4 Å². The monoisotopic (exact) mass is 352 g/mol. The average molecular weight is 353 g/mol. The Kier molecular flexibility index (Phi) is 4.14. The summed E-state index contributed by atoms with van der Waals surface area (Å²) in [6.45, 7) is 2.69. The third-order valence-electron chi connectivity index (χ3n) is 2.95. The van der Waals surface area contributed by atoms with Crippen LogP contribution in [0.5, 0.6) is 0 Å². The Bertz CT molecular complexity index is 594. The lowest BCUT2D eigenvalue weighted by Crippen LogP contribution is -2.47. The third-order valence-corrected chi connectivity index (χ3v) is 5.62. The van der Waals surface area contributed by atoms with Crippen molar-refractivity contribution in [2.45, 2.75) is 17.9 Å². The zero-order chi connectivity index (χ0) is 14.2.